The molecule has 0 atom stereocenters. The van der Waals surface area contributed by atoms with Crippen LogP contribution in [0, 0.1) is 19.3 Å². The average molecular weight is 448 g/mol. The number of ether oxygens (including phenoxy) is 1. The summed E-state index contributed by atoms with van der Waals surface area (Å²) in [7, 11) is 0. The molecule has 2 aromatic rings. The summed E-state index contributed by atoms with van der Waals surface area (Å²) in [6, 6.07) is 7.08. The fourth-order valence-corrected chi connectivity index (χ4v) is 4.11. The average Bonchev–Trinajstić information content (AvgIpc) is 3.46. The van der Waals surface area contributed by atoms with Gasteiger partial charge in [0.15, 0.2) is 0 Å². The molecule has 1 N–H and O–H groups in total. The quantitative estimate of drug-likeness (QED) is 0.669. The smallest absolute Gasteiger partial charge is 0.392 e. The molecule has 1 aromatic heterocycles. The van der Waals surface area contributed by atoms with Crippen LogP contribution in [0.3, 0.4) is 0 Å². The maximum Gasteiger partial charge on any atom is 0.392 e. The number of aryl methyl sites for hydroxylation is 2. The molecule has 4 rings (SSSR count). The third-order valence-electron chi connectivity index (χ3n) is 6.21. The van der Waals surface area contributed by atoms with Crippen LogP contribution in [0.5, 0.6) is 6.01 Å². The maximum atomic E-state index is 13.1. The molecule has 1 spiro atoms. The summed E-state index contributed by atoms with van der Waals surface area (Å²) in [4.78, 5) is 23.4. The second-order valence-corrected chi connectivity index (χ2v) is 8.85. The van der Waals surface area contributed by atoms with Crippen molar-refractivity contribution < 1.29 is 22.7 Å². The number of amides is 1. The van der Waals surface area contributed by atoms with Crippen molar-refractivity contribution in [2.45, 2.75) is 52.1 Å². The number of benzene rings is 1. The highest BCUT2D eigenvalue weighted by Crippen LogP contribution is 2.54. The second kappa shape index (κ2) is 8.60. The maximum absolute atomic E-state index is 13.1. The number of carbonyl (C=O) groups is 1. The molecule has 1 aliphatic heterocycles. The zero-order chi connectivity index (χ0) is 22.9. The monoisotopic (exact) mass is 448 g/mol. The standard InChI is InChI=1S/C23H27F3N4O2/c1-15-3-4-17(18(13-15)30-10-7-22(5-6-22)8-11-30)20(31)28-19-14-16(2)27-21(29-19)32-12-9-23(24,25)26/h3-4,13-14H,5-12H2,1-2H3,(H,27,28,29,31). The molecule has 172 valence electrons. The predicted molar refractivity (Wildman–Crippen MR) is 115 cm³/mol. The van der Waals surface area contributed by atoms with E-state index in [4.69, 9.17) is 4.74 Å². The number of nitrogens with zero attached hydrogens (tertiary/aromatic N) is 3. The molecule has 2 fully saturated rings. The summed E-state index contributed by atoms with van der Waals surface area (Å²) in [5.74, 6) is -0.141. The highest BCUT2D eigenvalue weighted by atomic mass is 19.4. The predicted octanol–water partition coefficient (Wildman–Crippen LogP) is 5.06. The first-order valence-corrected chi connectivity index (χ1v) is 10.8. The molecule has 1 saturated heterocycles. The Morgan fingerprint density at radius 2 is 1.84 bits per heavy atom. The Balaban J connectivity index is 1.48. The lowest BCUT2D eigenvalue weighted by molar-refractivity contribution is -0.139. The fraction of sp³-hybridized carbons (Fsp3) is 0.522. The topological polar surface area (TPSA) is 67.3 Å². The van der Waals surface area contributed by atoms with Gasteiger partial charge in [-0.1, -0.05) is 6.07 Å². The number of carbonyl (C=O) groups excluding carboxylic acids is 1. The van der Waals surface area contributed by atoms with Gasteiger partial charge in [0.05, 0.1) is 12.0 Å². The highest BCUT2D eigenvalue weighted by molar-refractivity contribution is 6.07. The zero-order valence-corrected chi connectivity index (χ0v) is 18.3. The van der Waals surface area contributed by atoms with Gasteiger partial charge < -0.3 is 15.0 Å². The second-order valence-electron chi connectivity index (χ2n) is 8.85. The van der Waals surface area contributed by atoms with E-state index in [0.29, 0.717) is 16.7 Å². The van der Waals surface area contributed by atoms with Crippen LogP contribution in [0.1, 0.15) is 53.7 Å². The molecule has 2 heterocycles. The van der Waals surface area contributed by atoms with Crippen LogP contribution in [0.15, 0.2) is 24.3 Å². The van der Waals surface area contributed by atoms with E-state index in [-0.39, 0.29) is 17.7 Å². The molecule has 2 aliphatic rings. The van der Waals surface area contributed by atoms with Crippen molar-refractivity contribution in [2.24, 2.45) is 5.41 Å². The van der Waals surface area contributed by atoms with Crippen molar-refractivity contribution in [1.82, 2.24) is 9.97 Å². The minimum atomic E-state index is -4.32. The first kappa shape index (κ1) is 22.4. The molecule has 0 unspecified atom stereocenters. The van der Waals surface area contributed by atoms with Crippen LogP contribution < -0.4 is 15.0 Å². The van der Waals surface area contributed by atoms with Crippen LogP contribution in [-0.2, 0) is 0 Å². The first-order valence-electron chi connectivity index (χ1n) is 10.8. The number of anilines is 2. The van der Waals surface area contributed by atoms with Gasteiger partial charge in [0, 0.05) is 30.5 Å². The van der Waals surface area contributed by atoms with Gasteiger partial charge in [-0.2, -0.15) is 18.2 Å². The molecule has 9 heteroatoms. The van der Waals surface area contributed by atoms with Gasteiger partial charge >= 0.3 is 12.2 Å². The van der Waals surface area contributed by atoms with Gasteiger partial charge in [0.2, 0.25) is 0 Å². The Morgan fingerprint density at radius 3 is 2.50 bits per heavy atom. The lowest BCUT2D eigenvalue weighted by atomic mass is 9.92. The van der Waals surface area contributed by atoms with Crippen LogP contribution in [0.2, 0.25) is 0 Å². The molecular weight excluding hydrogens is 421 g/mol. The van der Waals surface area contributed by atoms with E-state index >= 15 is 0 Å². The third kappa shape index (κ3) is 5.49. The minimum Gasteiger partial charge on any atom is -0.463 e. The molecule has 6 nitrogen and oxygen atoms in total. The Labute approximate surface area is 185 Å². The van der Waals surface area contributed by atoms with Crippen LogP contribution in [-0.4, -0.2) is 41.7 Å². The molecule has 1 saturated carbocycles. The van der Waals surface area contributed by atoms with Crippen molar-refractivity contribution in [3.05, 3.63) is 41.1 Å². The van der Waals surface area contributed by atoms with Gasteiger partial charge in [0.1, 0.15) is 12.4 Å². The van der Waals surface area contributed by atoms with Crippen LogP contribution in [0.4, 0.5) is 24.7 Å². The number of alkyl halides is 3. The van der Waals surface area contributed by atoms with Crippen molar-refractivity contribution in [2.75, 3.05) is 29.9 Å². The van der Waals surface area contributed by atoms with Crippen molar-refractivity contribution in [3.63, 3.8) is 0 Å². The number of aromatic nitrogens is 2. The van der Waals surface area contributed by atoms with E-state index in [1.807, 2.05) is 19.1 Å². The van der Waals surface area contributed by atoms with E-state index in [1.54, 1.807) is 19.1 Å². The summed E-state index contributed by atoms with van der Waals surface area (Å²) < 4.78 is 42.1. The number of piperidine rings is 1. The van der Waals surface area contributed by atoms with Gasteiger partial charge in [-0.3, -0.25) is 4.79 Å². The number of halogens is 3. The number of hydrogen-bond donors (Lipinski definition) is 1. The van der Waals surface area contributed by atoms with E-state index in [0.717, 1.165) is 37.2 Å². The molecule has 32 heavy (non-hydrogen) atoms. The normalized spacial score (nSPS) is 17.3. The number of nitrogens with one attached hydrogen (secondary N) is 1. The summed E-state index contributed by atoms with van der Waals surface area (Å²) in [6.45, 7) is 4.92. The van der Waals surface area contributed by atoms with Crippen LogP contribution >= 0.6 is 0 Å². The number of hydrogen-bond acceptors (Lipinski definition) is 5. The van der Waals surface area contributed by atoms with Gasteiger partial charge in [0.25, 0.3) is 5.91 Å². The molecule has 0 bridgehead atoms. The van der Waals surface area contributed by atoms with E-state index in [1.165, 1.54) is 12.8 Å². The van der Waals surface area contributed by atoms with Crippen LogP contribution in [0.25, 0.3) is 0 Å². The molecule has 1 amide bonds. The summed E-state index contributed by atoms with van der Waals surface area (Å²) in [6.07, 6.45) is -0.519. The summed E-state index contributed by atoms with van der Waals surface area (Å²) >= 11 is 0. The highest BCUT2D eigenvalue weighted by Gasteiger charge is 2.44. The largest absolute Gasteiger partial charge is 0.463 e. The molecule has 0 radical (unpaired) electrons. The van der Waals surface area contributed by atoms with Gasteiger partial charge in [-0.25, -0.2) is 4.98 Å². The Kier molecular flexibility index (Phi) is 6.01. The van der Waals surface area contributed by atoms with Gasteiger partial charge in [-0.05, 0) is 62.6 Å². The molecular formula is C23H27F3N4O2. The Hall–Kier alpha value is -2.84. The van der Waals surface area contributed by atoms with E-state index in [9.17, 15) is 18.0 Å². The van der Waals surface area contributed by atoms with Gasteiger partial charge in [-0.15, -0.1) is 0 Å². The Bertz CT molecular complexity index is 995. The lowest BCUT2D eigenvalue weighted by Gasteiger charge is -2.35. The minimum absolute atomic E-state index is 0.187. The zero-order valence-electron chi connectivity index (χ0n) is 18.3. The Morgan fingerprint density at radius 1 is 1.12 bits per heavy atom. The fourth-order valence-electron chi connectivity index (χ4n) is 4.11. The summed E-state index contributed by atoms with van der Waals surface area (Å²) in [5, 5.41) is 2.75. The molecule has 1 aromatic carbocycles. The van der Waals surface area contributed by atoms with Crippen molar-refractivity contribution in [3.8, 4) is 6.01 Å². The SMILES string of the molecule is Cc1ccc(C(=O)Nc2cc(C)nc(OCCC(F)(F)F)n2)c(N2CCC3(CC2)CC3)c1. The third-order valence-corrected chi connectivity index (χ3v) is 6.21. The lowest BCUT2D eigenvalue weighted by Crippen LogP contribution is -2.35. The van der Waals surface area contributed by atoms with E-state index < -0.39 is 19.2 Å². The summed E-state index contributed by atoms with van der Waals surface area (Å²) in [5.41, 5.74) is 3.52. The van der Waals surface area contributed by atoms with Crippen molar-refractivity contribution >= 4 is 17.4 Å². The van der Waals surface area contributed by atoms with E-state index in [2.05, 4.69) is 20.2 Å². The molecule has 1 aliphatic carbocycles. The first-order chi connectivity index (χ1) is 15.1. The number of rotatable bonds is 6. The van der Waals surface area contributed by atoms with Crippen molar-refractivity contribution in [1.29, 1.82) is 0 Å².